The quantitative estimate of drug-likeness (QED) is 0.810. The van der Waals surface area contributed by atoms with Crippen LogP contribution in [0.5, 0.6) is 0 Å². The molecule has 18 heavy (non-hydrogen) atoms. The first kappa shape index (κ1) is 14.8. The van der Waals surface area contributed by atoms with E-state index in [9.17, 15) is 9.59 Å². The third kappa shape index (κ3) is 3.89. The summed E-state index contributed by atoms with van der Waals surface area (Å²) in [7, 11) is 0. The molecule has 1 heterocycles. The molecule has 0 saturated carbocycles. The van der Waals surface area contributed by atoms with Gasteiger partial charge in [-0.1, -0.05) is 27.7 Å². The van der Waals surface area contributed by atoms with Crippen LogP contribution in [-0.2, 0) is 4.79 Å². The van der Waals surface area contributed by atoms with E-state index in [2.05, 4.69) is 19.2 Å². The second kappa shape index (κ2) is 5.59. The van der Waals surface area contributed by atoms with Crippen LogP contribution in [0.4, 0.5) is 4.79 Å². The van der Waals surface area contributed by atoms with Crippen LogP contribution in [0, 0.1) is 11.3 Å². The highest BCUT2D eigenvalue weighted by atomic mass is 16.4. The SMILES string of the molecule is CC(C)[C@@H](NC(=O)N1CCC(C)(C)CC1)C(=O)O. The number of carbonyl (C=O) groups excluding carboxylic acids is 1. The molecular formula is C13H24N2O3. The number of amides is 2. The number of nitrogens with zero attached hydrogens (tertiary/aromatic N) is 1. The number of aliphatic carboxylic acids is 1. The molecule has 1 rings (SSSR count). The lowest BCUT2D eigenvalue weighted by molar-refractivity contribution is -0.140. The van der Waals surface area contributed by atoms with Crippen LogP contribution in [0.1, 0.15) is 40.5 Å². The number of carbonyl (C=O) groups is 2. The summed E-state index contributed by atoms with van der Waals surface area (Å²) in [4.78, 5) is 24.7. The van der Waals surface area contributed by atoms with Crippen LogP contribution in [-0.4, -0.2) is 41.1 Å². The van der Waals surface area contributed by atoms with Crippen molar-refractivity contribution in [1.29, 1.82) is 0 Å². The van der Waals surface area contributed by atoms with Gasteiger partial charge < -0.3 is 15.3 Å². The first-order valence-corrected chi connectivity index (χ1v) is 6.51. The Labute approximate surface area is 109 Å². The minimum absolute atomic E-state index is 0.118. The molecule has 1 atom stereocenters. The topological polar surface area (TPSA) is 69.6 Å². The fourth-order valence-electron chi connectivity index (χ4n) is 2.05. The van der Waals surface area contributed by atoms with Crippen LogP contribution < -0.4 is 5.32 Å². The van der Waals surface area contributed by atoms with E-state index in [1.54, 1.807) is 18.7 Å². The first-order chi connectivity index (χ1) is 8.23. The van der Waals surface area contributed by atoms with Crippen LogP contribution in [0.15, 0.2) is 0 Å². The molecule has 5 nitrogen and oxygen atoms in total. The van der Waals surface area contributed by atoms with E-state index < -0.39 is 12.0 Å². The molecule has 0 radical (unpaired) electrons. The molecule has 0 aromatic heterocycles. The van der Waals surface area contributed by atoms with Crippen molar-refractivity contribution in [3.05, 3.63) is 0 Å². The second-order valence-corrected chi connectivity index (χ2v) is 6.16. The monoisotopic (exact) mass is 256 g/mol. The summed E-state index contributed by atoms with van der Waals surface area (Å²) in [5.41, 5.74) is 0.279. The Morgan fingerprint density at radius 3 is 2.11 bits per heavy atom. The number of carboxylic acid groups (broad SMARTS) is 1. The van der Waals surface area contributed by atoms with Crippen LogP contribution in [0.25, 0.3) is 0 Å². The van der Waals surface area contributed by atoms with E-state index in [1.165, 1.54) is 0 Å². The van der Waals surface area contributed by atoms with Crippen LogP contribution in [0.2, 0.25) is 0 Å². The largest absolute Gasteiger partial charge is 0.480 e. The van der Waals surface area contributed by atoms with E-state index in [0.717, 1.165) is 12.8 Å². The number of hydrogen-bond donors (Lipinski definition) is 2. The lowest BCUT2D eigenvalue weighted by atomic mass is 9.83. The highest BCUT2D eigenvalue weighted by Gasteiger charge is 2.30. The van der Waals surface area contributed by atoms with Crippen molar-refractivity contribution in [3.63, 3.8) is 0 Å². The summed E-state index contributed by atoms with van der Waals surface area (Å²) in [6, 6.07) is -1.07. The van der Waals surface area contributed by atoms with E-state index >= 15 is 0 Å². The predicted molar refractivity (Wildman–Crippen MR) is 69.4 cm³/mol. The van der Waals surface area contributed by atoms with Gasteiger partial charge >= 0.3 is 12.0 Å². The standard InChI is InChI=1S/C13H24N2O3/c1-9(2)10(11(16)17)14-12(18)15-7-5-13(3,4)6-8-15/h9-10H,5-8H2,1-4H3,(H,14,18)(H,16,17)/t10-/m1/s1. The number of hydrogen-bond acceptors (Lipinski definition) is 2. The predicted octanol–water partition coefficient (Wildman–Crippen LogP) is 1.93. The van der Waals surface area contributed by atoms with Gasteiger partial charge in [-0.25, -0.2) is 9.59 Å². The minimum atomic E-state index is -0.976. The molecule has 2 amide bonds. The zero-order chi connectivity index (χ0) is 13.9. The Morgan fingerprint density at radius 1 is 1.22 bits per heavy atom. The van der Waals surface area contributed by atoms with Gasteiger partial charge in [0.25, 0.3) is 0 Å². The molecule has 0 aromatic rings. The Hall–Kier alpha value is -1.26. The fraction of sp³-hybridized carbons (Fsp3) is 0.846. The molecule has 0 spiro atoms. The van der Waals surface area contributed by atoms with Crippen molar-refractivity contribution in [2.45, 2.75) is 46.6 Å². The zero-order valence-corrected chi connectivity index (χ0v) is 11.7. The molecule has 5 heteroatoms. The summed E-state index contributed by atoms with van der Waals surface area (Å²) in [5.74, 6) is -1.09. The van der Waals surface area contributed by atoms with Gasteiger partial charge in [-0.05, 0) is 24.2 Å². The van der Waals surface area contributed by atoms with Gasteiger partial charge in [-0.15, -0.1) is 0 Å². The van der Waals surface area contributed by atoms with Gasteiger partial charge in [-0.3, -0.25) is 0 Å². The number of carboxylic acids is 1. The Kier molecular flexibility index (Phi) is 4.59. The molecule has 0 aliphatic carbocycles. The van der Waals surface area contributed by atoms with E-state index in [-0.39, 0.29) is 17.4 Å². The molecular weight excluding hydrogens is 232 g/mol. The van der Waals surface area contributed by atoms with Crippen molar-refractivity contribution in [2.75, 3.05) is 13.1 Å². The molecule has 1 aliphatic rings. The number of rotatable bonds is 3. The van der Waals surface area contributed by atoms with Crippen LogP contribution >= 0.6 is 0 Å². The van der Waals surface area contributed by atoms with Crippen molar-refractivity contribution in [2.24, 2.45) is 11.3 Å². The number of urea groups is 1. The molecule has 1 aliphatic heterocycles. The summed E-state index contributed by atoms with van der Waals surface area (Å²) >= 11 is 0. The summed E-state index contributed by atoms with van der Waals surface area (Å²) in [5, 5.41) is 11.6. The van der Waals surface area contributed by atoms with Gasteiger partial charge in [0.1, 0.15) is 6.04 Å². The third-order valence-corrected chi connectivity index (χ3v) is 3.62. The van der Waals surface area contributed by atoms with Crippen molar-refractivity contribution in [1.82, 2.24) is 10.2 Å². The molecule has 0 bridgehead atoms. The third-order valence-electron chi connectivity index (χ3n) is 3.62. The van der Waals surface area contributed by atoms with Gasteiger partial charge in [0.15, 0.2) is 0 Å². The van der Waals surface area contributed by atoms with E-state index in [4.69, 9.17) is 5.11 Å². The van der Waals surface area contributed by atoms with Gasteiger partial charge in [0.05, 0.1) is 0 Å². The molecule has 104 valence electrons. The van der Waals surface area contributed by atoms with Crippen molar-refractivity contribution >= 4 is 12.0 Å². The number of piperidine rings is 1. The lowest BCUT2D eigenvalue weighted by Crippen LogP contribution is -2.52. The first-order valence-electron chi connectivity index (χ1n) is 6.51. The maximum absolute atomic E-state index is 12.0. The minimum Gasteiger partial charge on any atom is -0.480 e. The maximum atomic E-state index is 12.0. The highest BCUT2D eigenvalue weighted by Crippen LogP contribution is 2.29. The second-order valence-electron chi connectivity index (χ2n) is 6.16. The highest BCUT2D eigenvalue weighted by molar-refractivity contribution is 5.82. The lowest BCUT2D eigenvalue weighted by Gasteiger charge is -2.37. The van der Waals surface area contributed by atoms with Gasteiger partial charge in [0, 0.05) is 13.1 Å². The maximum Gasteiger partial charge on any atom is 0.326 e. The Morgan fingerprint density at radius 2 is 1.72 bits per heavy atom. The van der Waals surface area contributed by atoms with Crippen LogP contribution in [0.3, 0.4) is 0 Å². The number of nitrogens with one attached hydrogen (secondary N) is 1. The summed E-state index contributed by atoms with van der Waals surface area (Å²) in [6.45, 7) is 9.36. The molecule has 0 unspecified atom stereocenters. The zero-order valence-electron chi connectivity index (χ0n) is 11.7. The Bertz CT molecular complexity index is 316. The summed E-state index contributed by atoms with van der Waals surface area (Å²) < 4.78 is 0. The summed E-state index contributed by atoms with van der Waals surface area (Å²) in [6.07, 6.45) is 1.92. The number of likely N-dealkylation sites (tertiary alicyclic amines) is 1. The van der Waals surface area contributed by atoms with E-state index in [0.29, 0.717) is 13.1 Å². The van der Waals surface area contributed by atoms with Gasteiger partial charge in [0.2, 0.25) is 0 Å². The van der Waals surface area contributed by atoms with E-state index in [1.807, 2.05) is 0 Å². The molecule has 2 N–H and O–H groups in total. The van der Waals surface area contributed by atoms with Crippen molar-refractivity contribution in [3.8, 4) is 0 Å². The van der Waals surface area contributed by atoms with Gasteiger partial charge in [-0.2, -0.15) is 0 Å². The Balaban J connectivity index is 2.53. The fourth-order valence-corrected chi connectivity index (χ4v) is 2.05. The smallest absolute Gasteiger partial charge is 0.326 e. The van der Waals surface area contributed by atoms with Crippen molar-refractivity contribution < 1.29 is 14.7 Å². The molecule has 0 aromatic carbocycles. The average molecular weight is 256 g/mol. The molecule has 1 fully saturated rings. The molecule has 1 saturated heterocycles. The average Bonchev–Trinajstić information content (AvgIpc) is 2.24. The normalized spacial score (nSPS) is 20.6.